The average Bonchev–Trinajstić information content (AvgIpc) is 2.53. The number of carbonyl (C=O) groups excluding carboxylic acids is 2. The second-order valence-corrected chi connectivity index (χ2v) is 5.55. The second kappa shape index (κ2) is 7.02. The molecule has 2 rings (SSSR count). The lowest BCUT2D eigenvalue weighted by molar-refractivity contribution is -0.384. The predicted octanol–water partition coefficient (Wildman–Crippen LogP) is 1.58. The van der Waals surface area contributed by atoms with Crippen molar-refractivity contribution in [2.45, 2.75) is 19.8 Å². The molecule has 0 bridgehead atoms. The molecule has 1 N–H and O–H groups in total. The van der Waals surface area contributed by atoms with Crippen LogP contribution in [0.1, 0.15) is 30.1 Å². The predicted molar refractivity (Wildman–Crippen MR) is 80.4 cm³/mol. The van der Waals surface area contributed by atoms with E-state index in [0.717, 1.165) is 12.8 Å². The number of carbonyl (C=O) groups is 2. The van der Waals surface area contributed by atoms with Gasteiger partial charge in [-0.1, -0.05) is 13.0 Å². The van der Waals surface area contributed by atoms with Gasteiger partial charge in [-0.2, -0.15) is 0 Å². The van der Waals surface area contributed by atoms with Gasteiger partial charge >= 0.3 is 0 Å². The topological polar surface area (TPSA) is 92.6 Å². The van der Waals surface area contributed by atoms with Crippen molar-refractivity contribution >= 4 is 17.5 Å². The van der Waals surface area contributed by atoms with Gasteiger partial charge in [0.1, 0.15) is 0 Å². The van der Waals surface area contributed by atoms with Gasteiger partial charge in [-0.15, -0.1) is 0 Å². The number of nitro benzene ring substituents is 1. The molecular formula is C15H19N3O4. The van der Waals surface area contributed by atoms with Crippen molar-refractivity contribution in [2.24, 2.45) is 5.92 Å². The molecule has 0 spiro atoms. The van der Waals surface area contributed by atoms with Gasteiger partial charge in [0.15, 0.2) is 0 Å². The lowest BCUT2D eigenvalue weighted by Gasteiger charge is -2.30. The molecule has 1 aliphatic rings. The van der Waals surface area contributed by atoms with Gasteiger partial charge in [0, 0.05) is 30.8 Å². The van der Waals surface area contributed by atoms with E-state index in [1.807, 2.05) is 0 Å². The third-order valence-electron chi connectivity index (χ3n) is 3.86. The molecule has 22 heavy (non-hydrogen) atoms. The monoisotopic (exact) mass is 305 g/mol. The first-order valence-corrected chi connectivity index (χ1v) is 7.28. The molecule has 1 heterocycles. The van der Waals surface area contributed by atoms with Crippen molar-refractivity contribution in [3.05, 3.63) is 39.9 Å². The van der Waals surface area contributed by atoms with Crippen molar-refractivity contribution < 1.29 is 14.5 Å². The van der Waals surface area contributed by atoms with E-state index in [-0.39, 0.29) is 23.7 Å². The summed E-state index contributed by atoms with van der Waals surface area (Å²) >= 11 is 0. The van der Waals surface area contributed by atoms with E-state index in [9.17, 15) is 19.7 Å². The zero-order chi connectivity index (χ0) is 16.1. The number of hydrogen-bond donors (Lipinski definition) is 1. The highest BCUT2D eigenvalue weighted by Crippen LogP contribution is 2.16. The van der Waals surface area contributed by atoms with Gasteiger partial charge in [-0.25, -0.2) is 0 Å². The molecule has 1 aromatic carbocycles. The first-order valence-electron chi connectivity index (χ1n) is 7.28. The summed E-state index contributed by atoms with van der Waals surface area (Å²) in [6.45, 7) is 3.50. The molecule has 0 radical (unpaired) electrons. The van der Waals surface area contributed by atoms with Crippen LogP contribution >= 0.6 is 0 Å². The quantitative estimate of drug-likeness (QED) is 0.675. The Labute approximate surface area is 128 Å². The zero-order valence-electron chi connectivity index (χ0n) is 12.4. The third kappa shape index (κ3) is 4.03. The van der Waals surface area contributed by atoms with Crippen LogP contribution in [0.4, 0.5) is 5.69 Å². The maximum atomic E-state index is 12.0. The van der Waals surface area contributed by atoms with Crippen molar-refractivity contribution in [2.75, 3.05) is 19.6 Å². The molecule has 0 unspecified atom stereocenters. The number of nitrogens with one attached hydrogen (secondary N) is 1. The van der Waals surface area contributed by atoms with Crippen LogP contribution in [0.25, 0.3) is 0 Å². The van der Waals surface area contributed by atoms with E-state index in [4.69, 9.17) is 0 Å². The summed E-state index contributed by atoms with van der Waals surface area (Å²) < 4.78 is 0. The molecule has 1 aliphatic heterocycles. The lowest BCUT2D eigenvalue weighted by atomic mass is 9.99. The Hall–Kier alpha value is -2.44. The maximum Gasteiger partial charge on any atom is 0.270 e. The van der Waals surface area contributed by atoms with Crippen LogP contribution < -0.4 is 5.32 Å². The van der Waals surface area contributed by atoms with Crippen LogP contribution in [0.3, 0.4) is 0 Å². The molecule has 0 aliphatic carbocycles. The molecule has 0 atom stereocenters. The summed E-state index contributed by atoms with van der Waals surface area (Å²) in [4.78, 5) is 35.8. The number of likely N-dealkylation sites (tertiary alicyclic amines) is 1. The molecule has 1 fully saturated rings. The van der Waals surface area contributed by atoms with Crippen LogP contribution in [0.5, 0.6) is 0 Å². The summed E-state index contributed by atoms with van der Waals surface area (Å²) in [6, 6.07) is 5.44. The van der Waals surface area contributed by atoms with Gasteiger partial charge in [0.2, 0.25) is 5.91 Å². The summed E-state index contributed by atoms with van der Waals surface area (Å²) in [5.41, 5.74) is 0.0262. The molecule has 2 amide bonds. The number of piperidine rings is 1. The van der Waals surface area contributed by atoms with Crippen molar-refractivity contribution in [3.8, 4) is 0 Å². The highest BCUT2D eigenvalue weighted by Gasteiger charge is 2.20. The molecule has 118 valence electrons. The Balaban J connectivity index is 1.88. The maximum absolute atomic E-state index is 12.0. The minimum Gasteiger partial charge on any atom is -0.343 e. The third-order valence-corrected chi connectivity index (χ3v) is 3.86. The fraction of sp³-hybridized carbons (Fsp3) is 0.467. The van der Waals surface area contributed by atoms with Crippen molar-refractivity contribution in [1.29, 1.82) is 0 Å². The smallest absolute Gasteiger partial charge is 0.270 e. The van der Waals surface area contributed by atoms with Gasteiger partial charge in [0.25, 0.3) is 11.6 Å². The molecule has 0 saturated carbocycles. The molecule has 7 nitrogen and oxygen atoms in total. The largest absolute Gasteiger partial charge is 0.343 e. The number of hydrogen-bond acceptors (Lipinski definition) is 4. The number of rotatable bonds is 4. The van der Waals surface area contributed by atoms with Crippen LogP contribution in [0, 0.1) is 16.0 Å². The number of amides is 2. The summed E-state index contributed by atoms with van der Waals surface area (Å²) in [5.74, 6) is 0.0246. The van der Waals surface area contributed by atoms with E-state index < -0.39 is 10.8 Å². The van der Waals surface area contributed by atoms with Crippen LogP contribution in [0.2, 0.25) is 0 Å². The number of benzene rings is 1. The van der Waals surface area contributed by atoms with E-state index in [1.54, 1.807) is 4.90 Å². The Bertz CT molecular complexity index is 580. The average molecular weight is 305 g/mol. The van der Waals surface area contributed by atoms with E-state index in [0.29, 0.717) is 19.0 Å². The first kappa shape index (κ1) is 15.9. The van der Waals surface area contributed by atoms with Crippen LogP contribution in [-0.4, -0.2) is 41.3 Å². The minimum absolute atomic E-state index is 0.0874. The second-order valence-electron chi connectivity index (χ2n) is 5.55. The minimum atomic E-state index is -0.559. The SMILES string of the molecule is CC1CCN(C(=O)CNC(=O)c2cccc([N+](=O)[O-])c2)CC1. The van der Waals surface area contributed by atoms with Gasteiger partial charge in [-0.3, -0.25) is 19.7 Å². The molecule has 1 saturated heterocycles. The number of nitrogens with zero attached hydrogens (tertiary/aromatic N) is 2. The fourth-order valence-electron chi connectivity index (χ4n) is 2.39. The zero-order valence-corrected chi connectivity index (χ0v) is 12.4. The van der Waals surface area contributed by atoms with Gasteiger partial charge in [0.05, 0.1) is 11.5 Å². The van der Waals surface area contributed by atoms with E-state index in [2.05, 4.69) is 12.2 Å². The van der Waals surface area contributed by atoms with Crippen molar-refractivity contribution in [1.82, 2.24) is 10.2 Å². The standard InChI is InChI=1S/C15H19N3O4/c1-11-5-7-17(8-6-11)14(19)10-16-15(20)12-3-2-4-13(9-12)18(21)22/h2-4,9,11H,5-8,10H2,1H3,(H,16,20). The van der Waals surface area contributed by atoms with Crippen LogP contribution in [0.15, 0.2) is 24.3 Å². The van der Waals surface area contributed by atoms with E-state index in [1.165, 1.54) is 24.3 Å². The number of nitro groups is 1. The van der Waals surface area contributed by atoms with Crippen molar-refractivity contribution in [3.63, 3.8) is 0 Å². The first-order chi connectivity index (χ1) is 10.5. The van der Waals surface area contributed by atoms with Gasteiger partial charge in [-0.05, 0) is 24.8 Å². The molecular weight excluding hydrogens is 286 g/mol. The summed E-state index contributed by atoms with van der Waals surface area (Å²) in [6.07, 6.45) is 1.95. The highest BCUT2D eigenvalue weighted by atomic mass is 16.6. The summed E-state index contributed by atoms with van der Waals surface area (Å²) in [5, 5.41) is 13.2. The van der Waals surface area contributed by atoms with Crippen LogP contribution in [-0.2, 0) is 4.79 Å². The Kier molecular flexibility index (Phi) is 5.08. The highest BCUT2D eigenvalue weighted by molar-refractivity contribution is 5.96. The van der Waals surface area contributed by atoms with E-state index >= 15 is 0 Å². The Morgan fingerprint density at radius 3 is 2.68 bits per heavy atom. The Morgan fingerprint density at radius 1 is 1.36 bits per heavy atom. The Morgan fingerprint density at radius 2 is 2.05 bits per heavy atom. The summed E-state index contributed by atoms with van der Waals surface area (Å²) in [7, 11) is 0. The number of non-ortho nitro benzene ring substituents is 1. The molecule has 7 heteroatoms. The molecule has 1 aromatic rings. The fourth-order valence-corrected chi connectivity index (χ4v) is 2.39. The lowest BCUT2D eigenvalue weighted by Crippen LogP contribution is -2.43. The van der Waals surface area contributed by atoms with Gasteiger partial charge < -0.3 is 10.2 Å². The normalized spacial score (nSPS) is 15.4. The molecule has 0 aromatic heterocycles.